The van der Waals surface area contributed by atoms with Gasteiger partial charge in [-0.1, -0.05) is 12.1 Å². The van der Waals surface area contributed by atoms with Gasteiger partial charge in [0.1, 0.15) is 5.71 Å². The van der Waals surface area contributed by atoms with Crippen LogP contribution in [0, 0.1) is 0 Å². The Kier molecular flexibility index (Phi) is 6.17. The van der Waals surface area contributed by atoms with E-state index in [1.165, 1.54) is 5.69 Å². The van der Waals surface area contributed by atoms with Gasteiger partial charge in [-0.3, -0.25) is 15.0 Å². The van der Waals surface area contributed by atoms with E-state index in [2.05, 4.69) is 49.5 Å². The summed E-state index contributed by atoms with van der Waals surface area (Å²) < 4.78 is 5.54. The lowest BCUT2D eigenvalue weighted by atomic mass is 10.0. The van der Waals surface area contributed by atoms with Crippen LogP contribution < -0.4 is 10.2 Å². The number of nitrogens with zero attached hydrogens (tertiary/aromatic N) is 4. The lowest BCUT2D eigenvalue weighted by Gasteiger charge is -2.24. The first kappa shape index (κ1) is 18.3. The Morgan fingerprint density at radius 2 is 1.88 bits per heavy atom. The molecule has 0 amide bonds. The van der Waals surface area contributed by atoms with E-state index in [1.54, 1.807) is 14.1 Å². The zero-order valence-electron chi connectivity index (χ0n) is 15.8. The van der Waals surface area contributed by atoms with Crippen molar-refractivity contribution in [1.29, 1.82) is 0 Å². The molecule has 6 nitrogen and oxygen atoms in total. The van der Waals surface area contributed by atoms with Crippen molar-refractivity contribution in [2.75, 3.05) is 51.8 Å². The van der Waals surface area contributed by atoms with Crippen LogP contribution in [0.4, 0.5) is 5.69 Å². The minimum Gasteiger partial charge on any atom is -0.380 e. The Balaban J connectivity index is 1.85. The number of anilines is 1. The highest BCUT2D eigenvalue weighted by atomic mass is 16.5. The minimum atomic E-state index is 0.701. The number of amidine groups is 1. The van der Waals surface area contributed by atoms with E-state index in [9.17, 15) is 0 Å². The highest BCUT2D eigenvalue weighted by molar-refractivity contribution is 6.72. The van der Waals surface area contributed by atoms with E-state index >= 15 is 0 Å². The maximum atomic E-state index is 5.54. The van der Waals surface area contributed by atoms with Gasteiger partial charge in [-0.2, -0.15) is 0 Å². The molecule has 138 valence electrons. The molecular formula is C20H27N5O. The summed E-state index contributed by atoms with van der Waals surface area (Å²) in [6, 6.07) is 8.62. The number of hydrogen-bond donors (Lipinski definition) is 1. The summed E-state index contributed by atoms with van der Waals surface area (Å²) in [6.07, 6.45) is 3.11. The van der Waals surface area contributed by atoms with Crippen molar-refractivity contribution < 1.29 is 4.74 Å². The van der Waals surface area contributed by atoms with Crippen molar-refractivity contribution >= 4 is 28.6 Å². The van der Waals surface area contributed by atoms with Crippen molar-refractivity contribution in [3.63, 3.8) is 0 Å². The fraction of sp³-hybridized carbons (Fsp3) is 0.450. The molecule has 0 unspecified atom stereocenters. The fourth-order valence-electron chi connectivity index (χ4n) is 3.21. The van der Waals surface area contributed by atoms with E-state index in [0.29, 0.717) is 6.54 Å². The molecule has 0 atom stereocenters. The van der Waals surface area contributed by atoms with Gasteiger partial charge in [0.2, 0.25) is 0 Å². The molecule has 2 aliphatic heterocycles. The molecule has 0 aromatic heterocycles. The summed E-state index contributed by atoms with van der Waals surface area (Å²) in [5.41, 5.74) is 5.01. The monoisotopic (exact) mass is 353 g/mol. The third kappa shape index (κ3) is 4.02. The first-order valence-electron chi connectivity index (χ1n) is 9.17. The van der Waals surface area contributed by atoms with E-state index in [1.807, 2.05) is 13.0 Å². The van der Waals surface area contributed by atoms with Gasteiger partial charge in [-0.25, -0.2) is 0 Å². The van der Waals surface area contributed by atoms with Gasteiger partial charge < -0.3 is 15.0 Å². The molecule has 2 aliphatic rings. The molecule has 2 heterocycles. The Labute approximate surface area is 155 Å². The Morgan fingerprint density at radius 3 is 2.58 bits per heavy atom. The molecular weight excluding hydrogens is 326 g/mol. The summed E-state index contributed by atoms with van der Waals surface area (Å²) in [6.45, 7) is 6.34. The van der Waals surface area contributed by atoms with Crippen molar-refractivity contribution in [1.82, 2.24) is 5.32 Å². The molecule has 6 heteroatoms. The number of nitrogens with one attached hydrogen (secondary N) is 1. The van der Waals surface area contributed by atoms with E-state index in [0.717, 1.165) is 61.2 Å². The summed E-state index contributed by atoms with van der Waals surface area (Å²) in [4.78, 5) is 15.7. The van der Waals surface area contributed by atoms with E-state index in [4.69, 9.17) is 4.74 Å². The molecule has 1 aromatic carbocycles. The van der Waals surface area contributed by atoms with Gasteiger partial charge >= 0.3 is 0 Å². The second-order valence-corrected chi connectivity index (χ2v) is 6.19. The van der Waals surface area contributed by atoms with Crippen LogP contribution in [0.1, 0.15) is 18.9 Å². The zero-order chi connectivity index (χ0) is 18.4. The van der Waals surface area contributed by atoms with Gasteiger partial charge in [0, 0.05) is 51.7 Å². The second kappa shape index (κ2) is 8.76. The highest BCUT2D eigenvalue weighted by Crippen LogP contribution is 2.21. The fourth-order valence-corrected chi connectivity index (χ4v) is 3.21. The smallest absolute Gasteiger partial charge is 0.153 e. The SMILES string of the molecule is CCN=C1C(=NC)C=C(c2ccc(N3CCCOCC3)cc2)NC1=NC. The van der Waals surface area contributed by atoms with Crippen LogP contribution in [-0.4, -0.2) is 64.2 Å². The standard InChI is InChI=1S/C20H27N5O/c1-4-23-19-18(21-2)14-17(24-20(19)22-3)15-6-8-16(9-7-15)25-10-5-12-26-13-11-25/h6-9,14H,4-5,10-13H2,1-3H3,(H,22,24). The van der Waals surface area contributed by atoms with Crippen LogP contribution in [0.3, 0.4) is 0 Å². The molecule has 1 saturated heterocycles. The van der Waals surface area contributed by atoms with Crippen LogP contribution in [0.15, 0.2) is 45.3 Å². The van der Waals surface area contributed by atoms with E-state index in [-0.39, 0.29) is 0 Å². The predicted octanol–water partition coefficient (Wildman–Crippen LogP) is 2.42. The summed E-state index contributed by atoms with van der Waals surface area (Å²) in [5, 5.41) is 3.39. The largest absolute Gasteiger partial charge is 0.380 e. The maximum Gasteiger partial charge on any atom is 0.153 e. The van der Waals surface area contributed by atoms with Gasteiger partial charge in [-0.05, 0) is 37.1 Å². The lowest BCUT2D eigenvalue weighted by molar-refractivity contribution is 0.152. The van der Waals surface area contributed by atoms with Gasteiger partial charge in [0.05, 0.1) is 12.3 Å². The molecule has 0 bridgehead atoms. The molecule has 1 aromatic rings. The van der Waals surface area contributed by atoms with Crippen LogP contribution in [0.2, 0.25) is 0 Å². The van der Waals surface area contributed by atoms with Gasteiger partial charge in [0.15, 0.2) is 5.84 Å². The van der Waals surface area contributed by atoms with Crippen molar-refractivity contribution in [2.45, 2.75) is 13.3 Å². The quantitative estimate of drug-likeness (QED) is 0.908. The Bertz CT molecular complexity index is 738. The molecule has 1 N–H and O–H groups in total. The van der Waals surface area contributed by atoms with Gasteiger partial charge in [0.25, 0.3) is 0 Å². The number of hydrogen-bond acceptors (Lipinski definition) is 5. The van der Waals surface area contributed by atoms with Crippen LogP contribution in [0.5, 0.6) is 0 Å². The molecule has 3 rings (SSSR count). The van der Waals surface area contributed by atoms with E-state index < -0.39 is 0 Å². The number of ether oxygens (including phenoxy) is 1. The molecule has 0 saturated carbocycles. The maximum absolute atomic E-state index is 5.54. The van der Waals surface area contributed by atoms with Crippen LogP contribution >= 0.6 is 0 Å². The Morgan fingerprint density at radius 1 is 1.08 bits per heavy atom. The summed E-state index contributed by atoms with van der Waals surface area (Å²) in [7, 11) is 3.56. The number of rotatable bonds is 3. The highest BCUT2D eigenvalue weighted by Gasteiger charge is 2.21. The molecule has 26 heavy (non-hydrogen) atoms. The molecule has 1 fully saturated rings. The van der Waals surface area contributed by atoms with Gasteiger partial charge in [-0.15, -0.1) is 0 Å². The third-order valence-electron chi connectivity index (χ3n) is 4.55. The zero-order valence-corrected chi connectivity index (χ0v) is 15.8. The van der Waals surface area contributed by atoms with Crippen LogP contribution in [-0.2, 0) is 4.74 Å². The molecule has 0 radical (unpaired) electrons. The van der Waals surface area contributed by atoms with Crippen molar-refractivity contribution in [3.8, 4) is 0 Å². The Hall–Kier alpha value is -2.47. The summed E-state index contributed by atoms with van der Waals surface area (Å²) in [5.74, 6) is 0.763. The first-order valence-corrected chi connectivity index (χ1v) is 9.17. The summed E-state index contributed by atoms with van der Waals surface area (Å²) >= 11 is 0. The normalized spacial score (nSPS) is 23.1. The number of benzene rings is 1. The second-order valence-electron chi connectivity index (χ2n) is 6.19. The average molecular weight is 353 g/mol. The third-order valence-corrected chi connectivity index (χ3v) is 4.55. The molecule has 0 spiro atoms. The average Bonchev–Trinajstić information content (AvgIpc) is 2.98. The minimum absolute atomic E-state index is 0.701. The number of allylic oxidation sites excluding steroid dienone is 1. The lowest BCUT2D eigenvalue weighted by Crippen LogP contribution is -2.39. The first-order chi connectivity index (χ1) is 12.8. The predicted molar refractivity (Wildman–Crippen MR) is 110 cm³/mol. The molecule has 0 aliphatic carbocycles. The number of aliphatic imine (C=N–C) groups is 3. The topological polar surface area (TPSA) is 61.6 Å². The van der Waals surface area contributed by atoms with Crippen molar-refractivity contribution in [2.24, 2.45) is 15.0 Å². The van der Waals surface area contributed by atoms with Crippen molar-refractivity contribution in [3.05, 3.63) is 35.9 Å². The van der Waals surface area contributed by atoms with Crippen LogP contribution in [0.25, 0.3) is 5.70 Å².